The SMILES string of the molecule is CC(N)CC(C)S(=O)c1ccc(F)c(F)c1. The van der Waals surface area contributed by atoms with Crippen LogP contribution in [-0.4, -0.2) is 15.5 Å². The van der Waals surface area contributed by atoms with Crippen molar-refractivity contribution in [1.82, 2.24) is 0 Å². The van der Waals surface area contributed by atoms with Gasteiger partial charge in [0.15, 0.2) is 11.6 Å². The summed E-state index contributed by atoms with van der Waals surface area (Å²) in [4.78, 5) is 0.298. The molecule has 0 aliphatic carbocycles. The third-order valence-corrected chi connectivity index (χ3v) is 3.83. The third kappa shape index (κ3) is 3.35. The number of halogens is 2. The molecule has 16 heavy (non-hydrogen) atoms. The van der Waals surface area contributed by atoms with Gasteiger partial charge in [0.2, 0.25) is 0 Å². The van der Waals surface area contributed by atoms with E-state index in [1.165, 1.54) is 6.07 Å². The van der Waals surface area contributed by atoms with Gasteiger partial charge in [0.05, 0.1) is 10.8 Å². The van der Waals surface area contributed by atoms with E-state index in [9.17, 15) is 13.0 Å². The van der Waals surface area contributed by atoms with Gasteiger partial charge in [-0.15, -0.1) is 0 Å². The van der Waals surface area contributed by atoms with E-state index < -0.39 is 22.4 Å². The molecule has 0 amide bonds. The first kappa shape index (κ1) is 13.3. The molecule has 0 bridgehead atoms. The number of benzene rings is 1. The first-order chi connectivity index (χ1) is 7.41. The smallest absolute Gasteiger partial charge is 0.160 e. The zero-order chi connectivity index (χ0) is 12.3. The molecule has 1 aromatic carbocycles. The minimum absolute atomic E-state index is 0.0655. The van der Waals surface area contributed by atoms with Gasteiger partial charge in [-0.1, -0.05) is 6.92 Å². The lowest BCUT2D eigenvalue weighted by molar-refractivity contribution is 0.505. The molecule has 0 heterocycles. The van der Waals surface area contributed by atoms with Crippen molar-refractivity contribution in [2.75, 3.05) is 0 Å². The normalized spacial score (nSPS) is 16.8. The van der Waals surface area contributed by atoms with E-state index in [1.807, 2.05) is 6.92 Å². The largest absolute Gasteiger partial charge is 0.328 e. The van der Waals surface area contributed by atoms with Crippen LogP contribution in [0.25, 0.3) is 0 Å². The molecule has 0 aliphatic rings. The first-order valence-electron chi connectivity index (χ1n) is 5.03. The van der Waals surface area contributed by atoms with E-state index >= 15 is 0 Å². The summed E-state index contributed by atoms with van der Waals surface area (Å²) in [6, 6.07) is 3.24. The summed E-state index contributed by atoms with van der Waals surface area (Å²) in [5.74, 6) is -1.90. The van der Waals surface area contributed by atoms with Gasteiger partial charge in [0.1, 0.15) is 0 Å². The van der Waals surface area contributed by atoms with Crippen LogP contribution >= 0.6 is 0 Å². The highest BCUT2D eigenvalue weighted by atomic mass is 32.2. The lowest BCUT2D eigenvalue weighted by atomic mass is 10.2. The van der Waals surface area contributed by atoms with Gasteiger partial charge in [-0.3, -0.25) is 4.21 Å². The molecule has 0 saturated heterocycles. The fourth-order valence-electron chi connectivity index (χ4n) is 1.45. The van der Waals surface area contributed by atoms with E-state index in [0.717, 1.165) is 12.1 Å². The summed E-state index contributed by atoms with van der Waals surface area (Å²) in [5, 5.41) is -0.176. The average molecular weight is 247 g/mol. The maximum Gasteiger partial charge on any atom is 0.160 e. The molecule has 2 nitrogen and oxygen atoms in total. The van der Waals surface area contributed by atoms with Gasteiger partial charge >= 0.3 is 0 Å². The van der Waals surface area contributed by atoms with Crippen molar-refractivity contribution in [2.24, 2.45) is 5.73 Å². The topological polar surface area (TPSA) is 43.1 Å². The number of hydrogen-bond acceptors (Lipinski definition) is 2. The number of nitrogens with two attached hydrogens (primary N) is 1. The lowest BCUT2D eigenvalue weighted by Gasteiger charge is -2.13. The van der Waals surface area contributed by atoms with Gasteiger partial charge < -0.3 is 5.73 Å². The highest BCUT2D eigenvalue weighted by molar-refractivity contribution is 7.85. The van der Waals surface area contributed by atoms with E-state index in [2.05, 4.69) is 0 Å². The molecule has 5 heteroatoms. The molecular weight excluding hydrogens is 232 g/mol. The van der Waals surface area contributed by atoms with E-state index in [1.54, 1.807) is 6.92 Å². The molecule has 0 saturated carbocycles. The predicted octanol–water partition coefficient (Wildman–Crippen LogP) is 2.20. The van der Waals surface area contributed by atoms with Gasteiger partial charge in [-0.25, -0.2) is 8.78 Å². The molecule has 0 spiro atoms. The van der Waals surface area contributed by atoms with E-state index in [0.29, 0.717) is 11.3 Å². The molecule has 1 rings (SSSR count). The Morgan fingerprint density at radius 1 is 1.31 bits per heavy atom. The summed E-state index contributed by atoms with van der Waals surface area (Å²) in [6.45, 7) is 3.60. The molecule has 1 aromatic rings. The second-order valence-corrected chi connectivity index (χ2v) is 5.77. The maximum absolute atomic E-state index is 12.9. The Bertz CT molecular complexity index is 396. The molecular formula is C11H15F2NOS. The zero-order valence-corrected chi connectivity index (χ0v) is 10.1. The monoisotopic (exact) mass is 247 g/mol. The molecule has 90 valence electrons. The maximum atomic E-state index is 12.9. The summed E-state index contributed by atoms with van der Waals surface area (Å²) in [7, 11) is -1.35. The van der Waals surface area contributed by atoms with Crippen LogP contribution < -0.4 is 5.73 Å². The first-order valence-corrected chi connectivity index (χ1v) is 6.24. The summed E-state index contributed by atoms with van der Waals surface area (Å²) >= 11 is 0. The van der Waals surface area contributed by atoms with E-state index in [4.69, 9.17) is 5.73 Å². The third-order valence-electron chi connectivity index (χ3n) is 2.19. The van der Waals surface area contributed by atoms with Crippen LogP contribution in [-0.2, 0) is 10.8 Å². The lowest BCUT2D eigenvalue weighted by Crippen LogP contribution is -2.24. The minimum atomic E-state index is -1.35. The molecule has 0 aromatic heterocycles. The van der Waals surface area contributed by atoms with Gasteiger partial charge in [-0.2, -0.15) is 0 Å². The zero-order valence-electron chi connectivity index (χ0n) is 9.24. The van der Waals surface area contributed by atoms with Crippen molar-refractivity contribution in [2.45, 2.75) is 36.5 Å². The molecule has 3 atom stereocenters. The van der Waals surface area contributed by atoms with Crippen LogP contribution in [0.5, 0.6) is 0 Å². The molecule has 3 unspecified atom stereocenters. The van der Waals surface area contributed by atoms with Crippen LogP contribution in [0.3, 0.4) is 0 Å². The van der Waals surface area contributed by atoms with Gasteiger partial charge in [0.25, 0.3) is 0 Å². The van der Waals surface area contributed by atoms with Crippen LogP contribution in [0.2, 0.25) is 0 Å². The van der Waals surface area contributed by atoms with Crippen molar-refractivity contribution < 1.29 is 13.0 Å². The number of rotatable bonds is 4. The second kappa shape index (κ2) is 5.50. The Kier molecular flexibility index (Phi) is 4.56. The fourth-order valence-corrected chi connectivity index (χ4v) is 2.81. The number of hydrogen-bond donors (Lipinski definition) is 1. The second-order valence-electron chi connectivity index (χ2n) is 3.90. The average Bonchev–Trinajstić information content (AvgIpc) is 2.20. The molecule has 0 aliphatic heterocycles. The summed E-state index contributed by atoms with van der Waals surface area (Å²) < 4.78 is 37.5. The molecule has 0 radical (unpaired) electrons. The van der Waals surface area contributed by atoms with Crippen molar-refractivity contribution in [3.63, 3.8) is 0 Å². The minimum Gasteiger partial charge on any atom is -0.328 e. The van der Waals surface area contributed by atoms with Crippen LogP contribution in [0.4, 0.5) is 8.78 Å². The fraction of sp³-hybridized carbons (Fsp3) is 0.455. The Labute approximate surface area is 96.3 Å². The predicted molar refractivity (Wildman–Crippen MR) is 60.5 cm³/mol. The Morgan fingerprint density at radius 3 is 2.44 bits per heavy atom. The highest BCUT2D eigenvalue weighted by Gasteiger charge is 2.16. The summed E-state index contributed by atoms with van der Waals surface area (Å²) in [6.07, 6.45) is 0.575. The standard InChI is InChI=1S/C11H15F2NOS/c1-7(14)5-8(2)16(15)9-3-4-10(12)11(13)6-9/h3-4,6-8H,5,14H2,1-2H3. The summed E-state index contributed by atoms with van der Waals surface area (Å²) in [5.41, 5.74) is 5.59. The van der Waals surface area contributed by atoms with Crippen molar-refractivity contribution in [3.05, 3.63) is 29.8 Å². The quantitative estimate of drug-likeness (QED) is 0.886. The van der Waals surface area contributed by atoms with Crippen molar-refractivity contribution in [3.8, 4) is 0 Å². The van der Waals surface area contributed by atoms with Crippen LogP contribution in [0.1, 0.15) is 20.3 Å². The molecule has 2 N–H and O–H groups in total. The van der Waals surface area contributed by atoms with Crippen LogP contribution in [0, 0.1) is 11.6 Å². The molecule has 0 fully saturated rings. The Morgan fingerprint density at radius 2 is 1.94 bits per heavy atom. The van der Waals surface area contributed by atoms with Crippen molar-refractivity contribution in [1.29, 1.82) is 0 Å². The Hall–Kier alpha value is -0.810. The van der Waals surface area contributed by atoms with Crippen molar-refractivity contribution >= 4 is 10.8 Å². The van der Waals surface area contributed by atoms with Gasteiger partial charge in [0, 0.05) is 16.2 Å². The Balaban J connectivity index is 2.84. The highest BCUT2D eigenvalue weighted by Crippen LogP contribution is 2.17. The van der Waals surface area contributed by atoms with E-state index in [-0.39, 0.29) is 11.3 Å². The van der Waals surface area contributed by atoms with Gasteiger partial charge in [-0.05, 0) is 31.5 Å². The van der Waals surface area contributed by atoms with Crippen LogP contribution in [0.15, 0.2) is 23.1 Å².